The number of hydrogen-bond donors (Lipinski definition) is 0. The van der Waals surface area contributed by atoms with Gasteiger partial charge in [0.05, 0.1) is 0 Å². The Kier molecular flexibility index (Phi) is 459. The maximum Gasteiger partial charge on any atom is 0 e. The second kappa shape index (κ2) is 37.0. The average molecular weight is 320 g/mol. The van der Waals surface area contributed by atoms with Crippen molar-refractivity contribution in [2.45, 2.75) is 0 Å². The molecule has 0 fully saturated rings. The fourth-order valence-electron chi connectivity index (χ4n) is 0. The van der Waals surface area contributed by atoms with E-state index in [0.717, 1.165) is 0 Å². The third kappa shape index (κ3) is 23.8. The second-order valence-corrected chi connectivity index (χ2v) is 0. The predicted molar refractivity (Wildman–Crippen MR) is 0 cm³/mol. The van der Waals surface area contributed by atoms with Gasteiger partial charge in [-0.25, -0.2) is 0 Å². The van der Waals surface area contributed by atoms with Gasteiger partial charge in [0.2, 0.25) is 0 Å². The largest absolute Gasteiger partial charge is 1.00 e. The van der Waals surface area contributed by atoms with Crippen molar-refractivity contribution in [1.82, 2.24) is 0 Å². The molecule has 0 saturated carbocycles. The van der Waals surface area contributed by atoms with Gasteiger partial charge in [0, 0.05) is 25.8 Å². The van der Waals surface area contributed by atoms with Gasteiger partial charge in [-0.3, -0.25) is 0 Å². The van der Waals surface area contributed by atoms with Gasteiger partial charge in [-0.15, -0.1) is 0 Å². The molecular weight excluding hydrogens is 320 g/mol. The molecule has 5 heavy (non-hydrogen) atoms. The van der Waals surface area contributed by atoms with E-state index in [4.69, 9.17) is 0 Å². The van der Waals surface area contributed by atoms with Crippen LogP contribution in [-0.4, -0.2) is 0 Å². The van der Waals surface area contributed by atoms with Gasteiger partial charge >= 0.3 is 0 Å². The molecule has 0 aliphatic rings. The van der Waals surface area contributed by atoms with E-state index >= 15 is 0 Å². The minimum Gasteiger partial charge on any atom is -1.00 e. The zero-order valence-electron chi connectivity index (χ0n) is 2.01. The summed E-state index contributed by atoms with van der Waals surface area (Å²) in [5, 5.41) is 0. The molecule has 0 heterocycles. The van der Waals surface area contributed by atoms with Crippen molar-refractivity contribution >= 4 is 0 Å². The van der Waals surface area contributed by atoms with Crippen LogP contribution in [0.5, 0.6) is 0 Å². The molecule has 0 unspecified atom stereocenters. The van der Waals surface area contributed by atoms with Crippen LogP contribution in [0.15, 0.2) is 0 Å². The van der Waals surface area contributed by atoms with E-state index in [2.05, 4.69) is 0 Å². The standard InChI is InChI=1S/4ClH.Hf/h4*1H;/p-4. The van der Waals surface area contributed by atoms with Crippen LogP contribution >= 0.6 is 0 Å². The Morgan fingerprint density at radius 1 is 0.400 bits per heavy atom. The topological polar surface area (TPSA) is 0 Å². The third-order valence-electron chi connectivity index (χ3n) is 0. The molecule has 0 atom stereocenters. The van der Waals surface area contributed by atoms with Crippen molar-refractivity contribution in [3.05, 3.63) is 0 Å². The van der Waals surface area contributed by atoms with Crippen LogP contribution in [0, 0.1) is 0 Å². The van der Waals surface area contributed by atoms with Gasteiger partial charge in [-0.1, -0.05) is 0 Å². The van der Waals surface area contributed by atoms with Crippen molar-refractivity contribution < 1.29 is 75.5 Å². The van der Waals surface area contributed by atoms with Crippen LogP contribution in [0.4, 0.5) is 0 Å². The maximum absolute atomic E-state index is 0. The fraction of sp³-hybridized carbons (Fsp3) is 0. The second-order valence-electron chi connectivity index (χ2n) is 0. The van der Waals surface area contributed by atoms with Gasteiger partial charge in [0.15, 0.2) is 0 Å². The number of halogens is 4. The Morgan fingerprint density at radius 3 is 0.400 bits per heavy atom. The molecule has 0 aromatic rings. The molecule has 0 saturated heterocycles. The first kappa shape index (κ1) is 62.0. The minimum atomic E-state index is 0. The summed E-state index contributed by atoms with van der Waals surface area (Å²) in [5.41, 5.74) is 0. The first-order valence-corrected chi connectivity index (χ1v) is 0. The molecule has 0 amide bonds. The summed E-state index contributed by atoms with van der Waals surface area (Å²) in [6.07, 6.45) is 0. The molecule has 0 radical (unpaired) electrons. The first-order valence-electron chi connectivity index (χ1n) is 0. The van der Waals surface area contributed by atoms with Crippen LogP contribution in [-0.2, 0) is 25.8 Å². The Morgan fingerprint density at radius 2 is 0.400 bits per heavy atom. The van der Waals surface area contributed by atoms with Gasteiger partial charge in [-0.2, -0.15) is 0 Å². The molecule has 0 aliphatic heterocycles. The average Bonchev–Trinajstić information content (AvgIpc) is 0. The Hall–Kier alpha value is 2.03. The zero-order valence-corrected chi connectivity index (χ0v) is 8.63. The van der Waals surface area contributed by atoms with Crippen LogP contribution in [0.2, 0.25) is 0 Å². The van der Waals surface area contributed by atoms with Crippen molar-refractivity contribution in [2.75, 3.05) is 0 Å². The zero-order chi connectivity index (χ0) is 0. The molecule has 0 aliphatic carbocycles. The van der Waals surface area contributed by atoms with Crippen molar-refractivity contribution in [1.29, 1.82) is 0 Å². The summed E-state index contributed by atoms with van der Waals surface area (Å²) in [6, 6.07) is 0. The van der Waals surface area contributed by atoms with Gasteiger partial charge in [0.25, 0.3) is 0 Å². The van der Waals surface area contributed by atoms with Crippen LogP contribution in [0.25, 0.3) is 0 Å². The van der Waals surface area contributed by atoms with Crippen molar-refractivity contribution in [3.8, 4) is 0 Å². The van der Waals surface area contributed by atoms with E-state index in [9.17, 15) is 0 Å². The minimum absolute atomic E-state index is 0. The first-order chi connectivity index (χ1) is 0. The Balaban J connectivity index is 0. The van der Waals surface area contributed by atoms with Gasteiger partial charge in [-0.05, 0) is 0 Å². The SMILES string of the molecule is [Cl-].[Cl-].[Cl-].[Cl-].[Hf]. The molecule has 36 valence electrons. The quantitative estimate of drug-likeness (QED) is 0.389. The molecule has 0 bridgehead atoms. The van der Waals surface area contributed by atoms with Crippen LogP contribution < -0.4 is 49.6 Å². The van der Waals surface area contributed by atoms with Crippen molar-refractivity contribution in [3.63, 3.8) is 0 Å². The van der Waals surface area contributed by atoms with E-state index in [1.165, 1.54) is 0 Å². The van der Waals surface area contributed by atoms with Gasteiger partial charge in [0.1, 0.15) is 0 Å². The Labute approximate surface area is 74.9 Å². The van der Waals surface area contributed by atoms with Gasteiger partial charge < -0.3 is 49.6 Å². The molecule has 0 rings (SSSR count). The van der Waals surface area contributed by atoms with Crippen LogP contribution in [0.3, 0.4) is 0 Å². The molecule has 0 aromatic heterocycles. The summed E-state index contributed by atoms with van der Waals surface area (Å²) < 4.78 is 0. The number of hydrogen-bond acceptors (Lipinski definition) is 0. The third-order valence-corrected chi connectivity index (χ3v) is 0. The molecule has 0 aromatic carbocycles. The smallest absolute Gasteiger partial charge is 0 e. The summed E-state index contributed by atoms with van der Waals surface area (Å²) in [5.74, 6) is 0. The van der Waals surface area contributed by atoms with E-state index in [-0.39, 0.29) is 75.5 Å². The predicted octanol–water partition coefficient (Wildman–Crippen LogP) is -12.0. The maximum atomic E-state index is 0. The van der Waals surface area contributed by atoms with E-state index < -0.39 is 0 Å². The molecule has 0 nitrogen and oxygen atoms in total. The normalized spacial score (nSPS) is 0. The van der Waals surface area contributed by atoms with Crippen molar-refractivity contribution in [2.24, 2.45) is 0 Å². The monoisotopic (exact) mass is 320 g/mol. The summed E-state index contributed by atoms with van der Waals surface area (Å²) in [7, 11) is 0. The molecule has 0 N–H and O–H groups in total. The molecule has 5 heteroatoms. The Bertz CT molecular complexity index is 3.61. The van der Waals surface area contributed by atoms with E-state index in [0.29, 0.717) is 0 Å². The fourth-order valence-corrected chi connectivity index (χ4v) is 0. The number of rotatable bonds is 0. The summed E-state index contributed by atoms with van der Waals surface area (Å²) >= 11 is 0. The van der Waals surface area contributed by atoms with E-state index in [1.807, 2.05) is 0 Å². The van der Waals surface area contributed by atoms with Crippen LogP contribution in [0.1, 0.15) is 0 Å². The molecular formula is Cl4Hf-4. The summed E-state index contributed by atoms with van der Waals surface area (Å²) in [6.45, 7) is 0. The summed E-state index contributed by atoms with van der Waals surface area (Å²) in [4.78, 5) is 0. The molecule has 0 spiro atoms. The van der Waals surface area contributed by atoms with E-state index in [1.54, 1.807) is 0 Å².